The van der Waals surface area contributed by atoms with E-state index in [2.05, 4.69) is 25.5 Å². The van der Waals surface area contributed by atoms with Crippen LogP contribution in [-0.4, -0.2) is 69.4 Å². The first-order valence-electron chi connectivity index (χ1n) is 7.88. The minimum Gasteiger partial charge on any atom is -0.384 e. The lowest BCUT2D eigenvalue weighted by atomic mass is 9.79. The molecule has 1 N–H and O–H groups in total. The summed E-state index contributed by atoms with van der Waals surface area (Å²) in [6, 6.07) is 0. The summed E-state index contributed by atoms with van der Waals surface area (Å²) in [5.74, 6) is 0. The molecule has 0 saturated carbocycles. The molecular formula is C15H26N4OS. The second kappa shape index (κ2) is 7.05. The minimum absolute atomic E-state index is 0.351. The zero-order valence-corrected chi connectivity index (χ0v) is 13.7. The SMILES string of the molecule is COCC1(CN2CCN(c3nccs3)CC2)CCNCC1. The topological polar surface area (TPSA) is 40.6 Å². The van der Waals surface area contributed by atoms with Gasteiger partial charge in [0.1, 0.15) is 0 Å². The van der Waals surface area contributed by atoms with Crippen molar-refractivity contribution in [1.82, 2.24) is 15.2 Å². The Hall–Kier alpha value is -0.690. The monoisotopic (exact) mass is 310 g/mol. The molecule has 21 heavy (non-hydrogen) atoms. The molecule has 3 rings (SSSR count). The Labute approximate surface area is 131 Å². The molecule has 0 aliphatic carbocycles. The number of thiazole rings is 1. The summed E-state index contributed by atoms with van der Waals surface area (Å²) >= 11 is 1.74. The van der Waals surface area contributed by atoms with Gasteiger partial charge in [0.25, 0.3) is 0 Å². The first kappa shape index (κ1) is 15.2. The molecule has 0 spiro atoms. The number of rotatable bonds is 5. The van der Waals surface area contributed by atoms with E-state index in [1.54, 1.807) is 11.3 Å². The fourth-order valence-electron chi connectivity index (χ4n) is 3.56. The molecule has 2 aliphatic heterocycles. The van der Waals surface area contributed by atoms with Gasteiger partial charge in [0.2, 0.25) is 0 Å². The van der Waals surface area contributed by atoms with E-state index in [0.29, 0.717) is 5.41 Å². The third kappa shape index (κ3) is 3.74. The summed E-state index contributed by atoms with van der Waals surface area (Å²) in [7, 11) is 1.84. The van der Waals surface area contributed by atoms with Gasteiger partial charge in [-0.1, -0.05) is 0 Å². The normalized spacial score (nSPS) is 23.4. The van der Waals surface area contributed by atoms with Crippen molar-refractivity contribution in [2.24, 2.45) is 5.41 Å². The van der Waals surface area contributed by atoms with Crippen molar-refractivity contribution >= 4 is 16.5 Å². The molecule has 6 heteroatoms. The lowest BCUT2D eigenvalue weighted by Crippen LogP contribution is -2.53. The van der Waals surface area contributed by atoms with Crippen molar-refractivity contribution in [3.63, 3.8) is 0 Å². The van der Waals surface area contributed by atoms with E-state index in [0.717, 1.165) is 45.9 Å². The molecule has 3 heterocycles. The summed E-state index contributed by atoms with van der Waals surface area (Å²) in [4.78, 5) is 9.45. The molecule has 2 aliphatic rings. The van der Waals surface area contributed by atoms with Crippen molar-refractivity contribution in [2.75, 3.05) is 64.4 Å². The van der Waals surface area contributed by atoms with Crippen LogP contribution in [0.4, 0.5) is 5.13 Å². The third-order valence-corrected chi connectivity index (χ3v) is 5.57. The highest BCUT2D eigenvalue weighted by Gasteiger charge is 2.35. The van der Waals surface area contributed by atoms with E-state index in [9.17, 15) is 0 Å². The molecule has 1 aromatic heterocycles. The smallest absolute Gasteiger partial charge is 0.185 e. The van der Waals surface area contributed by atoms with Crippen molar-refractivity contribution in [2.45, 2.75) is 12.8 Å². The summed E-state index contributed by atoms with van der Waals surface area (Å²) in [5.41, 5.74) is 0.351. The Morgan fingerprint density at radius 3 is 2.67 bits per heavy atom. The largest absolute Gasteiger partial charge is 0.384 e. The van der Waals surface area contributed by atoms with Gasteiger partial charge in [-0.05, 0) is 25.9 Å². The van der Waals surface area contributed by atoms with Gasteiger partial charge in [-0.3, -0.25) is 4.90 Å². The Morgan fingerprint density at radius 1 is 1.29 bits per heavy atom. The van der Waals surface area contributed by atoms with Gasteiger partial charge in [-0.25, -0.2) is 4.98 Å². The minimum atomic E-state index is 0.351. The maximum absolute atomic E-state index is 5.53. The maximum Gasteiger partial charge on any atom is 0.185 e. The molecule has 0 bridgehead atoms. The number of nitrogens with one attached hydrogen (secondary N) is 1. The number of piperidine rings is 1. The quantitative estimate of drug-likeness (QED) is 0.887. The molecule has 1 aromatic rings. The highest BCUT2D eigenvalue weighted by Crippen LogP contribution is 2.31. The average Bonchev–Trinajstić information content (AvgIpc) is 3.03. The van der Waals surface area contributed by atoms with Crippen LogP contribution >= 0.6 is 11.3 Å². The van der Waals surface area contributed by atoms with Crippen LogP contribution in [0.25, 0.3) is 0 Å². The van der Waals surface area contributed by atoms with Gasteiger partial charge in [0, 0.05) is 56.8 Å². The lowest BCUT2D eigenvalue weighted by molar-refractivity contribution is 0.0210. The number of hydrogen-bond donors (Lipinski definition) is 1. The first-order chi connectivity index (χ1) is 10.3. The van der Waals surface area contributed by atoms with Gasteiger partial charge < -0.3 is 15.0 Å². The molecule has 0 aromatic carbocycles. The van der Waals surface area contributed by atoms with E-state index < -0.39 is 0 Å². The van der Waals surface area contributed by atoms with Crippen LogP contribution in [0.1, 0.15) is 12.8 Å². The van der Waals surface area contributed by atoms with E-state index in [1.807, 2.05) is 13.3 Å². The molecule has 5 nitrogen and oxygen atoms in total. The van der Waals surface area contributed by atoms with E-state index in [1.165, 1.54) is 24.5 Å². The molecule has 0 atom stereocenters. The highest BCUT2D eigenvalue weighted by molar-refractivity contribution is 7.13. The Balaban J connectivity index is 1.53. The van der Waals surface area contributed by atoms with Crippen LogP contribution in [0, 0.1) is 5.41 Å². The summed E-state index contributed by atoms with van der Waals surface area (Å²) in [5, 5.41) is 6.70. The molecule has 0 amide bonds. The second-order valence-electron chi connectivity index (χ2n) is 6.26. The number of ether oxygens (including phenoxy) is 1. The summed E-state index contributed by atoms with van der Waals surface area (Å²) in [6.45, 7) is 8.78. The summed E-state index contributed by atoms with van der Waals surface area (Å²) < 4.78 is 5.53. The van der Waals surface area contributed by atoms with Crippen LogP contribution in [0.2, 0.25) is 0 Å². The molecule has 2 saturated heterocycles. The standard InChI is InChI=1S/C15H26N4OS/c1-20-13-15(2-4-16-5-3-15)12-18-7-9-19(10-8-18)14-17-6-11-21-14/h6,11,16H,2-5,7-10,12-13H2,1H3. The number of anilines is 1. The van der Waals surface area contributed by atoms with Gasteiger partial charge in [0.15, 0.2) is 5.13 Å². The number of piperazine rings is 1. The second-order valence-corrected chi connectivity index (χ2v) is 7.13. The maximum atomic E-state index is 5.53. The Kier molecular flexibility index (Phi) is 5.11. The first-order valence-corrected chi connectivity index (χ1v) is 8.76. The van der Waals surface area contributed by atoms with Gasteiger partial charge >= 0.3 is 0 Å². The number of hydrogen-bond acceptors (Lipinski definition) is 6. The van der Waals surface area contributed by atoms with Gasteiger partial charge in [0.05, 0.1) is 6.61 Å². The van der Waals surface area contributed by atoms with Crippen molar-refractivity contribution < 1.29 is 4.74 Å². The molecule has 2 fully saturated rings. The lowest BCUT2D eigenvalue weighted by Gasteiger charge is -2.43. The van der Waals surface area contributed by atoms with Crippen molar-refractivity contribution in [3.05, 3.63) is 11.6 Å². The number of methoxy groups -OCH3 is 1. The predicted octanol–water partition coefficient (Wildman–Crippen LogP) is 1.28. The van der Waals surface area contributed by atoms with Crippen molar-refractivity contribution in [1.29, 1.82) is 0 Å². The van der Waals surface area contributed by atoms with Crippen LogP contribution in [0.3, 0.4) is 0 Å². The van der Waals surface area contributed by atoms with E-state index >= 15 is 0 Å². The molecular weight excluding hydrogens is 284 g/mol. The average molecular weight is 310 g/mol. The van der Waals surface area contributed by atoms with Gasteiger partial charge in [-0.2, -0.15) is 0 Å². The van der Waals surface area contributed by atoms with Crippen LogP contribution in [-0.2, 0) is 4.74 Å². The zero-order chi connectivity index (χ0) is 14.5. The zero-order valence-electron chi connectivity index (χ0n) is 12.9. The van der Waals surface area contributed by atoms with Crippen molar-refractivity contribution in [3.8, 4) is 0 Å². The number of aromatic nitrogens is 1. The van der Waals surface area contributed by atoms with Crippen LogP contribution < -0.4 is 10.2 Å². The Morgan fingerprint density at radius 2 is 2.05 bits per heavy atom. The van der Waals surface area contributed by atoms with Gasteiger partial charge in [-0.15, -0.1) is 11.3 Å². The van der Waals surface area contributed by atoms with Crippen LogP contribution in [0.5, 0.6) is 0 Å². The highest BCUT2D eigenvalue weighted by atomic mass is 32.1. The molecule has 118 valence electrons. The molecule has 0 unspecified atom stereocenters. The summed E-state index contributed by atoms with van der Waals surface area (Å²) in [6.07, 6.45) is 4.36. The predicted molar refractivity (Wildman–Crippen MR) is 87.2 cm³/mol. The van der Waals surface area contributed by atoms with Crippen LogP contribution in [0.15, 0.2) is 11.6 Å². The van der Waals surface area contributed by atoms with E-state index in [-0.39, 0.29) is 0 Å². The third-order valence-electron chi connectivity index (χ3n) is 4.74. The van der Waals surface area contributed by atoms with E-state index in [4.69, 9.17) is 4.74 Å². The molecule has 0 radical (unpaired) electrons. The fraction of sp³-hybridized carbons (Fsp3) is 0.800. The Bertz CT molecular complexity index is 406. The fourth-order valence-corrected chi connectivity index (χ4v) is 4.25. The number of nitrogens with zero attached hydrogens (tertiary/aromatic N) is 3.